The molecule has 0 aliphatic carbocycles. The topological polar surface area (TPSA) is 58.9 Å². The minimum absolute atomic E-state index is 0.179. The molecule has 2 N–H and O–H groups in total. The van der Waals surface area contributed by atoms with E-state index in [4.69, 9.17) is 14.6 Å². The molecule has 0 unspecified atom stereocenters. The van der Waals surface area contributed by atoms with Crippen molar-refractivity contribution in [3.8, 4) is 0 Å². The number of hydrogen-bond acceptors (Lipinski definition) is 4. The highest BCUT2D eigenvalue weighted by molar-refractivity contribution is 4.83. The zero-order chi connectivity index (χ0) is 9.35. The van der Waals surface area contributed by atoms with E-state index in [0.29, 0.717) is 0 Å². The first kappa shape index (κ1) is 9.92. The van der Waals surface area contributed by atoms with E-state index < -0.39 is 18.0 Å². The second-order valence-electron chi connectivity index (χ2n) is 3.56. The fraction of sp³-hybridized carbons (Fsp3) is 1.00. The third-order valence-corrected chi connectivity index (χ3v) is 1.92. The monoisotopic (exact) mass is 176 g/mol. The van der Waals surface area contributed by atoms with Gasteiger partial charge in [0.15, 0.2) is 5.79 Å². The molecule has 1 rings (SSSR count). The molecular formula is C8H16O4. The lowest BCUT2D eigenvalue weighted by Gasteiger charge is -2.19. The number of ether oxygens (including phenoxy) is 2. The molecule has 0 amide bonds. The maximum absolute atomic E-state index is 9.31. The van der Waals surface area contributed by atoms with Crippen molar-refractivity contribution in [3.05, 3.63) is 0 Å². The van der Waals surface area contributed by atoms with Gasteiger partial charge in [-0.2, -0.15) is 0 Å². The normalized spacial score (nSPS) is 36.8. The van der Waals surface area contributed by atoms with Crippen LogP contribution in [0, 0.1) is 0 Å². The minimum Gasteiger partial charge on any atom is -0.394 e. The smallest absolute Gasteiger partial charge is 0.163 e. The summed E-state index contributed by atoms with van der Waals surface area (Å²) in [5, 5.41) is 18.0. The van der Waals surface area contributed by atoms with E-state index in [9.17, 15) is 5.11 Å². The fourth-order valence-electron chi connectivity index (χ4n) is 1.46. The van der Waals surface area contributed by atoms with E-state index in [2.05, 4.69) is 0 Å². The van der Waals surface area contributed by atoms with Crippen LogP contribution in [0.4, 0.5) is 0 Å². The molecular weight excluding hydrogens is 160 g/mol. The summed E-state index contributed by atoms with van der Waals surface area (Å²) in [4.78, 5) is 0. The van der Waals surface area contributed by atoms with Gasteiger partial charge in [0.25, 0.3) is 0 Å². The maximum atomic E-state index is 9.31. The summed E-state index contributed by atoms with van der Waals surface area (Å²) in [6.45, 7) is 5.09. The summed E-state index contributed by atoms with van der Waals surface area (Å²) in [6, 6.07) is 0. The average Bonchev–Trinajstić information content (AvgIpc) is 2.23. The zero-order valence-corrected chi connectivity index (χ0v) is 7.65. The molecule has 3 atom stereocenters. The van der Waals surface area contributed by atoms with Crippen LogP contribution in [0.1, 0.15) is 20.8 Å². The van der Waals surface area contributed by atoms with Crippen molar-refractivity contribution in [2.24, 2.45) is 0 Å². The van der Waals surface area contributed by atoms with Crippen LogP contribution in [0.25, 0.3) is 0 Å². The molecule has 1 saturated heterocycles. The Morgan fingerprint density at radius 2 is 2.00 bits per heavy atom. The van der Waals surface area contributed by atoms with Crippen LogP contribution < -0.4 is 0 Å². The number of aliphatic hydroxyl groups excluding tert-OH is 2. The van der Waals surface area contributed by atoms with Gasteiger partial charge >= 0.3 is 0 Å². The molecule has 0 saturated carbocycles. The first-order valence-electron chi connectivity index (χ1n) is 4.11. The Morgan fingerprint density at radius 3 is 2.33 bits per heavy atom. The molecule has 4 nitrogen and oxygen atoms in total. The molecule has 1 aliphatic heterocycles. The van der Waals surface area contributed by atoms with Gasteiger partial charge in [-0.1, -0.05) is 0 Å². The first-order chi connectivity index (χ1) is 5.46. The van der Waals surface area contributed by atoms with Gasteiger partial charge in [-0.3, -0.25) is 0 Å². The lowest BCUT2D eigenvalue weighted by molar-refractivity contribution is -0.156. The maximum Gasteiger partial charge on any atom is 0.163 e. The van der Waals surface area contributed by atoms with Crippen LogP contribution in [0.3, 0.4) is 0 Å². The van der Waals surface area contributed by atoms with E-state index in [1.54, 1.807) is 13.8 Å². The second-order valence-corrected chi connectivity index (χ2v) is 3.56. The highest BCUT2D eigenvalue weighted by atomic mass is 16.8. The SMILES string of the molecule is C[C@@H]1OC(C)(C)O[C@H]1[C@@H](O)CO. The number of rotatable bonds is 2. The number of hydrogen-bond donors (Lipinski definition) is 2. The predicted molar refractivity (Wildman–Crippen MR) is 42.6 cm³/mol. The fourth-order valence-corrected chi connectivity index (χ4v) is 1.46. The Kier molecular flexibility index (Phi) is 2.73. The van der Waals surface area contributed by atoms with Crippen molar-refractivity contribution >= 4 is 0 Å². The van der Waals surface area contributed by atoms with Crippen LogP contribution in [-0.2, 0) is 9.47 Å². The van der Waals surface area contributed by atoms with Gasteiger partial charge in [0.05, 0.1) is 12.7 Å². The van der Waals surface area contributed by atoms with Gasteiger partial charge in [0.2, 0.25) is 0 Å². The van der Waals surface area contributed by atoms with Gasteiger partial charge in [-0.25, -0.2) is 0 Å². The minimum atomic E-state index is -0.859. The molecule has 0 aromatic rings. The molecule has 4 heteroatoms. The number of aliphatic hydroxyl groups is 2. The average molecular weight is 176 g/mol. The van der Waals surface area contributed by atoms with Crippen molar-refractivity contribution in [2.75, 3.05) is 6.61 Å². The van der Waals surface area contributed by atoms with E-state index in [1.165, 1.54) is 0 Å². The molecule has 0 bridgehead atoms. The summed E-state index contributed by atoms with van der Waals surface area (Å²) >= 11 is 0. The van der Waals surface area contributed by atoms with Gasteiger partial charge in [0, 0.05) is 0 Å². The van der Waals surface area contributed by atoms with Crippen LogP contribution in [-0.4, -0.2) is 40.9 Å². The molecule has 1 fully saturated rings. The Balaban J connectivity index is 2.57. The van der Waals surface area contributed by atoms with Gasteiger partial charge in [0.1, 0.15) is 12.2 Å². The van der Waals surface area contributed by atoms with Crippen molar-refractivity contribution in [1.82, 2.24) is 0 Å². The molecule has 1 aliphatic rings. The summed E-state index contributed by atoms with van der Waals surface area (Å²) in [6.07, 6.45) is -1.46. The van der Waals surface area contributed by atoms with E-state index >= 15 is 0 Å². The van der Waals surface area contributed by atoms with E-state index in [0.717, 1.165) is 0 Å². The summed E-state index contributed by atoms with van der Waals surface area (Å²) in [5.41, 5.74) is 0. The zero-order valence-electron chi connectivity index (χ0n) is 7.65. The van der Waals surface area contributed by atoms with Crippen LogP contribution >= 0.6 is 0 Å². The first-order valence-corrected chi connectivity index (χ1v) is 4.11. The molecule has 0 radical (unpaired) electrons. The molecule has 12 heavy (non-hydrogen) atoms. The lowest BCUT2D eigenvalue weighted by atomic mass is 10.1. The van der Waals surface area contributed by atoms with Crippen molar-refractivity contribution in [2.45, 2.75) is 44.9 Å². The van der Waals surface area contributed by atoms with Crippen LogP contribution in [0.5, 0.6) is 0 Å². The molecule has 0 aromatic carbocycles. The summed E-state index contributed by atoms with van der Waals surface area (Å²) < 4.78 is 10.8. The van der Waals surface area contributed by atoms with E-state index in [1.807, 2.05) is 6.92 Å². The predicted octanol–water partition coefficient (Wildman–Crippen LogP) is -0.120. The molecule has 0 spiro atoms. The van der Waals surface area contributed by atoms with Crippen molar-refractivity contribution in [3.63, 3.8) is 0 Å². The largest absolute Gasteiger partial charge is 0.394 e. The van der Waals surface area contributed by atoms with Gasteiger partial charge in [-0.15, -0.1) is 0 Å². The Bertz CT molecular complexity index is 157. The standard InChI is InChI=1S/C8H16O4/c1-5-7(6(10)4-9)12-8(2,3)11-5/h5-7,9-10H,4H2,1-3H3/t5-,6-,7+/m0/s1. The van der Waals surface area contributed by atoms with Gasteiger partial charge in [-0.05, 0) is 20.8 Å². The Labute approximate surface area is 72.1 Å². The van der Waals surface area contributed by atoms with Crippen LogP contribution in [0.2, 0.25) is 0 Å². The highest BCUT2D eigenvalue weighted by Gasteiger charge is 2.41. The third kappa shape index (κ3) is 1.95. The van der Waals surface area contributed by atoms with Gasteiger partial charge < -0.3 is 19.7 Å². The van der Waals surface area contributed by atoms with E-state index in [-0.39, 0.29) is 12.7 Å². The molecule has 72 valence electrons. The highest BCUT2D eigenvalue weighted by Crippen LogP contribution is 2.29. The van der Waals surface area contributed by atoms with Crippen molar-refractivity contribution < 1.29 is 19.7 Å². The lowest BCUT2D eigenvalue weighted by Crippen LogP contribution is -2.36. The summed E-state index contributed by atoms with van der Waals surface area (Å²) in [5.74, 6) is -0.653. The Hall–Kier alpha value is -0.160. The Morgan fingerprint density at radius 1 is 1.42 bits per heavy atom. The van der Waals surface area contributed by atoms with Crippen molar-refractivity contribution in [1.29, 1.82) is 0 Å². The van der Waals surface area contributed by atoms with Crippen LogP contribution in [0.15, 0.2) is 0 Å². The molecule has 0 aromatic heterocycles. The quantitative estimate of drug-likeness (QED) is 0.616. The third-order valence-electron chi connectivity index (χ3n) is 1.92. The molecule has 1 heterocycles. The second kappa shape index (κ2) is 3.30. The summed E-state index contributed by atoms with van der Waals surface area (Å²) in [7, 11) is 0.